The zero-order chi connectivity index (χ0) is 26.2. The number of hydrogen-bond acceptors (Lipinski definition) is 6. The number of imide groups is 1. The van der Waals surface area contributed by atoms with E-state index in [0.29, 0.717) is 12.6 Å². The van der Waals surface area contributed by atoms with E-state index in [0.717, 1.165) is 57.4 Å². The Morgan fingerprint density at radius 3 is 2.51 bits per heavy atom. The van der Waals surface area contributed by atoms with Crippen molar-refractivity contribution in [2.45, 2.75) is 46.8 Å². The van der Waals surface area contributed by atoms with Crippen LogP contribution in [0.25, 0.3) is 21.3 Å². The molecule has 4 heterocycles. The smallest absolute Gasteiger partial charge is 0.234 e. The summed E-state index contributed by atoms with van der Waals surface area (Å²) in [7, 11) is 2.18. The van der Waals surface area contributed by atoms with Gasteiger partial charge < -0.3 is 4.90 Å². The molecule has 2 amide bonds. The molecule has 194 valence electrons. The van der Waals surface area contributed by atoms with Gasteiger partial charge in [-0.3, -0.25) is 24.4 Å². The Morgan fingerprint density at radius 1 is 1.08 bits per heavy atom. The predicted molar refractivity (Wildman–Crippen MR) is 148 cm³/mol. The van der Waals surface area contributed by atoms with Gasteiger partial charge in [-0.1, -0.05) is 25.4 Å². The summed E-state index contributed by atoms with van der Waals surface area (Å²) in [5.74, 6) is -0.367. The number of aryl methyl sites for hydroxylation is 1. The minimum atomic E-state index is -0.193. The third-order valence-electron chi connectivity index (χ3n) is 8.73. The zero-order valence-electron chi connectivity index (χ0n) is 22.0. The molecule has 0 spiro atoms. The Morgan fingerprint density at radius 2 is 1.81 bits per heavy atom. The van der Waals surface area contributed by atoms with Crippen LogP contribution in [-0.2, 0) is 22.7 Å². The molecule has 3 atom stereocenters. The average molecular weight is 537 g/mol. The maximum Gasteiger partial charge on any atom is 0.234 e. The maximum absolute atomic E-state index is 12.9. The van der Waals surface area contributed by atoms with Gasteiger partial charge in [0.15, 0.2) is 0 Å². The summed E-state index contributed by atoms with van der Waals surface area (Å²) in [4.78, 5) is 37.8. The standard InChI is InChI=1S/C29H33ClN4O2S/c1-16-10-18(30)11-21(22(16)15-33-9-8-32(5)13-17(33)2)20-6-7-31-23-12-19(37-26(20)23)14-34-27(35)24-25(28(34)36)29(24,3)4/h6-7,10-12,17,24-25H,8-9,13-15H2,1-5H3. The van der Waals surface area contributed by atoms with E-state index in [1.165, 1.54) is 16.0 Å². The summed E-state index contributed by atoms with van der Waals surface area (Å²) >= 11 is 8.21. The first-order valence-corrected chi connectivity index (χ1v) is 14.2. The zero-order valence-corrected chi connectivity index (χ0v) is 23.6. The third kappa shape index (κ3) is 4.11. The molecular formula is C29H33ClN4O2S. The van der Waals surface area contributed by atoms with E-state index >= 15 is 0 Å². The van der Waals surface area contributed by atoms with Crippen LogP contribution in [0.4, 0.5) is 0 Å². The van der Waals surface area contributed by atoms with Crippen molar-refractivity contribution < 1.29 is 9.59 Å². The van der Waals surface area contributed by atoms with Crippen LogP contribution in [-0.4, -0.2) is 64.2 Å². The minimum Gasteiger partial charge on any atom is -0.304 e. The number of likely N-dealkylation sites (tertiary alicyclic amines) is 1. The minimum absolute atomic E-state index is 0.0281. The first-order chi connectivity index (χ1) is 17.6. The van der Waals surface area contributed by atoms with Crippen molar-refractivity contribution >= 4 is 45.0 Å². The molecule has 1 aromatic carbocycles. The van der Waals surface area contributed by atoms with E-state index in [2.05, 4.69) is 53.9 Å². The fourth-order valence-corrected chi connectivity index (χ4v) is 7.83. The SMILES string of the molecule is Cc1cc(Cl)cc(-c2ccnc3cc(CN4C(=O)C5C(C4=O)C5(C)C)sc23)c1CN1CCN(C)CC1C. The number of hydrogen-bond donors (Lipinski definition) is 0. The predicted octanol–water partition coefficient (Wildman–Crippen LogP) is 5.20. The molecule has 3 unspecified atom stereocenters. The molecule has 37 heavy (non-hydrogen) atoms. The molecule has 0 N–H and O–H groups in total. The summed E-state index contributed by atoms with van der Waals surface area (Å²) < 4.78 is 1.07. The highest BCUT2D eigenvalue weighted by atomic mass is 35.5. The van der Waals surface area contributed by atoms with Crippen molar-refractivity contribution in [2.24, 2.45) is 17.3 Å². The number of fused-ring (bicyclic) bond motifs is 2. The number of rotatable bonds is 5. The second kappa shape index (κ2) is 8.87. The number of piperazine rings is 1. The number of thiophene rings is 1. The maximum atomic E-state index is 12.9. The quantitative estimate of drug-likeness (QED) is 0.419. The summed E-state index contributed by atoms with van der Waals surface area (Å²) in [5, 5.41) is 0.722. The number of benzene rings is 1. The van der Waals surface area contributed by atoms with Crippen LogP contribution in [0.15, 0.2) is 30.5 Å². The first-order valence-electron chi connectivity index (χ1n) is 13.0. The molecule has 8 heteroatoms. The molecule has 0 radical (unpaired) electrons. The van der Waals surface area contributed by atoms with Gasteiger partial charge in [-0.15, -0.1) is 11.3 Å². The normalized spacial score (nSPS) is 25.8. The number of carbonyl (C=O) groups is 2. The van der Waals surface area contributed by atoms with E-state index in [1.807, 2.05) is 26.1 Å². The number of aromatic nitrogens is 1. The fourth-order valence-electron chi connectivity index (χ4n) is 6.43. The number of amides is 2. The van der Waals surface area contributed by atoms with Gasteiger partial charge in [0, 0.05) is 53.9 Å². The largest absolute Gasteiger partial charge is 0.304 e. The molecule has 0 bridgehead atoms. The van der Waals surface area contributed by atoms with Crippen molar-refractivity contribution in [1.82, 2.24) is 19.7 Å². The van der Waals surface area contributed by atoms with Gasteiger partial charge in [-0.05, 0) is 67.3 Å². The van der Waals surface area contributed by atoms with Crippen LogP contribution < -0.4 is 0 Å². The van der Waals surface area contributed by atoms with E-state index in [9.17, 15) is 9.59 Å². The fraction of sp³-hybridized carbons (Fsp3) is 0.483. The highest BCUT2D eigenvalue weighted by Crippen LogP contribution is 2.63. The molecule has 2 aliphatic heterocycles. The van der Waals surface area contributed by atoms with Crippen LogP contribution in [0.5, 0.6) is 0 Å². The van der Waals surface area contributed by atoms with Gasteiger partial charge in [0.1, 0.15) is 0 Å². The van der Waals surface area contributed by atoms with Crippen molar-refractivity contribution in [2.75, 3.05) is 26.7 Å². The number of carbonyl (C=O) groups excluding carboxylic acids is 2. The van der Waals surface area contributed by atoms with Crippen molar-refractivity contribution in [3.63, 3.8) is 0 Å². The summed E-state index contributed by atoms with van der Waals surface area (Å²) in [5.41, 5.74) is 5.40. The van der Waals surface area contributed by atoms with Crippen molar-refractivity contribution in [1.29, 1.82) is 0 Å². The second-order valence-electron chi connectivity index (χ2n) is 11.7. The number of nitrogens with zero attached hydrogens (tertiary/aromatic N) is 4. The Hall–Kier alpha value is -2.32. The monoisotopic (exact) mass is 536 g/mol. The number of halogens is 1. The number of likely N-dealkylation sites (N-methyl/N-ethyl adjacent to an activating group) is 1. The number of piperidine rings is 1. The molecule has 6 nitrogen and oxygen atoms in total. The lowest BCUT2D eigenvalue weighted by atomic mass is 9.95. The van der Waals surface area contributed by atoms with Gasteiger partial charge in [0.25, 0.3) is 0 Å². The van der Waals surface area contributed by atoms with Crippen LogP contribution in [0.3, 0.4) is 0 Å². The highest BCUT2D eigenvalue weighted by Gasteiger charge is 2.72. The van der Waals surface area contributed by atoms with E-state index in [-0.39, 0.29) is 29.1 Å². The lowest BCUT2D eigenvalue weighted by molar-refractivity contribution is -0.143. The summed E-state index contributed by atoms with van der Waals surface area (Å²) in [6.07, 6.45) is 1.84. The Kier molecular flexibility index (Phi) is 5.99. The molecular weight excluding hydrogens is 504 g/mol. The molecule has 1 aliphatic carbocycles. The Labute approximate surface area is 227 Å². The third-order valence-corrected chi connectivity index (χ3v) is 10.1. The Bertz CT molecular complexity index is 1410. The Balaban J connectivity index is 1.34. The summed E-state index contributed by atoms with van der Waals surface area (Å²) in [6, 6.07) is 8.69. The van der Waals surface area contributed by atoms with Crippen molar-refractivity contribution in [3.05, 3.63) is 51.5 Å². The molecule has 2 aromatic heterocycles. The second-order valence-corrected chi connectivity index (χ2v) is 13.2. The van der Waals surface area contributed by atoms with Crippen molar-refractivity contribution in [3.8, 4) is 11.1 Å². The van der Waals surface area contributed by atoms with Crippen LogP contribution in [0.1, 0.15) is 36.8 Å². The molecule has 1 saturated carbocycles. The molecule has 6 rings (SSSR count). The van der Waals surface area contributed by atoms with Gasteiger partial charge in [0.05, 0.1) is 28.6 Å². The lowest BCUT2D eigenvalue weighted by Crippen LogP contribution is -2.49. The first kappa shape index (κ1) is 25.0. The van der Waals surface area contributed by atoms with Gasteiger partial charge in [0.2, 0.25) is 11.8 Å². The van der Waals surface area contributed by atoms with E-state index in [4.69, 9.17) is 11.6 Å². The van der Waals surface area contributed by atoms with Gasteiger partial charge >= 0.3 is 0 Å². The van der Waals surface area contributed by atoms with Crippen LogP contribution >= 0.6 is 22.9 Å². The average Bonchev–Trinajstić information content (AvgIpc) is 3.08. The molecule has 2 saturated heterocycles. The number of pyridine rings is 1. The van der Waals surface area contributed by atoms with E-state index in [1.54, 1.807) is 11.3 Å². The highest BCUT2D eigenvalue weighted by molar-refractivity contribution is 7.19. The lowest BCUT2D eigenvalue weighted by Gasteiger charge is -2.38. The van der Waals surface area contributed by atoms with Gasteiger partial charge in [-0.2, -0.15) is 0 Å². The van der Waals surface area contributed by atoms with E-state index < -0.39 is 0 Å². The molecule has 3 aromatic rings. The molecule has 3 aliphatic rings. The van der Waals surface area contributed by atoms with Gasteiger partial charge in [-0.25, -0.2) is 0 Å². The molecule has 3 fully saturated rings. The van der Waals surface area contributed by atoms with Crippen LogP contribution in [0, 0.1) is 24.2 Å². The summed E-state index contributed by atoms with van der Waals surface area (Å²) in [6.45, 7) is 12.8. The topological polar surface area (TPSA) is 56.8 Å². The van der Waals surface area contributed by atoms with Crippen LogP contribution in [0.2, 0.25) is 5.02 Å².